The van der Waals surface area contributed by atoms with Gasteiger partial charge in [0, 0.05) is 0 Å². The van der Waals surface area contributed by atoms with Crippen molar-refractivity contribution in [3.63, 3.8) is 0 Å². The van der Waals surface area contributed by atoms with Crippen molar-refractivity contribution >= 4 is 11.9 Å². The molecule has 0 bridgehead atoms. The molecule has 0 radical (unpaired) electrons. The molecule has 19 heavy (non-hydrogen) atoms. The lowest BCUT2D eigenvalue weighted by Gasteiger charge is -2.04. The van der Waals surface area contributed by atoms with E-state index in [0.29, 0.717) is 0 Å². The van der Waals surface area contributed by atoms with Crippen molar-refractivity contribution in [1.82, 2.24) is 0 Å². The Morgan fingerprint density at radius 2 is 1.58 bits per heavy atom. The minimum Gasteiger partial charge on any atom is -0.504 e. The van der Waals surface area contributed by atoms with E-state index in [4.69, 9.17) is 0 Å². The van der Waals surface area contributed by atoms with Crippen molar-refractivity contribution in [3.8, 4) is 17.2 Å². The number of benzene rings is 2. The summed E-state index contributed by atoms with van der Waals surface area (Å²) in [5.41, 5.74) is 0.779. The largest absolute Gasteiger partial charge is 0.504 e. The first-order valence-electron chi connectivity index (χ1n) is 5.61. The number of carbonyl (C=O) groups is 1. The summed E-state index contributed by atoms with van der Waals surface area (Å²) < 4.78 is 0. The molecule has 0 aliphatic carbocycles. The molecule has 0 spiro atoms. The van der Waals surface area contributed by atoms with Gasteiger partial charge in [-0.2, -0.15) is 0 Å². The predicted molar refractivity (Wildman–Crippen MR) is 71.2 cm³/mol. The van der Waals surface area contributed by atoms with Gasteiger partial charge in [-0.1, -0.05) is 36.4 Å². The fourth-order valence-electron chi connectivity index (χ4n) is 1.59. The van der Waals surface area contributed by atoms with E-state index in [1.54, 1.807) is 6.08 Å². The molecule has 4 nitrogen and oxygen atoms in total. The maximum atomic E-state index is 11.9. The standard InChI is InChI=1S/C15H12O4/c16-12(8-6-10-4-2-1-3-5-10)11-7-9-13(17)15(19)14(11)18/h1-9,17-19H. The monoisotopic (exact) mass is 256 g/mol. The number of phenolic OH excluding ortho intramolecular Hbond substituents is 3. The average Bonchev–Trinajstić information content (AvgIpc) is 2.43. The summed E-state index contributed by atoms with van der Waals surface area (Å²) in [5, 5.41) is 28.1. The quantitative estimate of drug-likeness (QED) is 0.448. The number of ketones is 1. The smallest absolute Gasteiger partial charge is 0.201 e. The van der Waals surface area contributed by atoms with E-state index >= 15 is 0 Å². The van der Waals surface area contributed by atoms with Crippen LogP contribution in [0.4, 0.5) is 0 Å². The highest BCUT2D eigenvalue weighted by atomic mass is 16.3. The molecule has 0 aromatic heterocycles. The molecule has 0 saturated carbocycles. The Morgan fingerprint density at radius 1 is 0.895 bits per heavy atom. The first-order chi connectivity index (χ1) is 9.09. The Hall–Kier alpha value is -2.75. The number of hydrogen-bond acceptors (Lipinski definition) is 4. The molecule has 2 aromatic rings. The molecular weight excluding hydrogens is 244 g/mol. The van der Waals surface area contributed by atoms with Gasteiger partial charge in [0.25, 0.3) is 0 Å². The number of aromatic hydroxyl groups is 3. The molecule has 0 saturated heterocycles. The van der Waals surface area contributed by atoms with Crippen molar-refractivity contribution in [2.75, 3.05) is 0 Å². The lowest BCUT2D eigenvalue weighted by molar-refractivity contribution is 0.104. The normalized spacial score (nSPS) is 10.7. The van der Waals surface area contributed by atoms with E-state index in [2.05, 4.69) is 0 Å². The van der Waals surface area contributed by atoms with Crippen molar-refractivity contribution < 1.29 is 20.1 Å². The first kappa shape index (κ1) is 12.7. The second-order valence-corrected chi connectivity index (χ2v) is 3.94. The zero-order valence-corrected chi connectivity index (χ0v) is 9.95. The fourth-order valence-corrected chi connectivity index (χ4v) is 1.59. The van der Waals surface area contributed by atoms with Crippen LogP contribution in [0.15, 0.2) is 48.5 Å². The van der Waals surface area contributed by atoms with Crippen LogP contribution < -0.4 is 0 Å². The fraction of sp³-hybridized carbons (Fsp3) is 0. The van der Waals surface area contributed by atoms with Crippen LogP contribution in [0.25, 0.3) is 6.08 Å². The second-order valence-electron chi connectivity index (χ2n) is 3.94. The molecule has 96 valence electrons. The van der Waals surface area contributed by atoms with Crippen LogP contribution in [0.3, 0.4) is 0 Å². The number of carbonyl (C=O) groups excluding carboxylic acids is 1. The van der Waals surface area contributed by atoms with Crippen LogP contribution in [0, 0.1) is 0 Å². The van der Waals surface area contributed by atoms with Gasteiger partial charge in [0.2, 0.25) is 5.75 Å². The third-order valence-corrected chi connectivity index (χ3v) is 2.62. The summed E-state index contributed by atoms with van der Waals surface area (Å²) in [6, 6.07) is 11.6. The van der Waals surface area contributed by atoms with E-state index in [-0.39, 0.29) is 5.56 Å². The van der Waals surface area contributed by atoms with Gasteiger partial charge in [-0.25, -0.2) is 0 Å². The van der Waals surface area contributed by atoms with E-state index in [1.807, 2.05) is 30.3 Å². The van der Waals surface area contributed by atoms with Gasteiger partial charge >= 0.3 is 0 Å². The Bertz CT molecular complexity index is 630. The summed E-state index contributed by atoms with van der Waals surface area (Å²) in [5.74, 6) is -2.25. The van der Waals surface area contributed by atoms with Crippen LogP contribution in [-0.2, 0) is 0 Å². The summed E-state index contributed by atoms with van der Waals surface area (Å²) in [6.07, 6.45) is 2.90. The van der Waals surface area contributed by atoms with Gasteiger partial charge in [-0.3, -0.25) is 4.79 Å². The Morgan fingerprint density at radius 3 is 2.26 bits per heavy atom. The van der Waals surface area contributed by atoms with Gasteiger partial charge in [0.1, 0.15) is 0 Å². The van der Waals surface area contributed by atoms with Crippen LogP contribution in [0.2, 0.25) is 0 Å². The van der Waals surface area contributed by atoms with Gasteiger partial charge in [-0.15, -0.1) is 0 Å². The Balaban J connectivity index is 2.26. The molecular formula is C15H12O4. The summed E-state index contributed by atoms with van der Waals surface area (Å²) in [4.78, 5) is 11.9. The first-order valence-corrected chi connectivity index (χ1v) is 5.61. The molecule has 0 atom stereocenters. The van der Waals surface area contributed by atoms with Crippen molar-refractivity contribution in [2.24, 2.45) is 0 Å². The Kier molecular flexibility index (Phi) is 3.52. The Labute approximate surface area is 109 Å². The van der Waals surface area contributed by atoms with Crippen LogP contribution in [0.1, 0.15) is 15.9 Å². The highest BCUT2D eigenvalue weighted by Gasteiger charge is 2.14. The minimum atomic E-state index is -0.695. The maximum absolute atomic E-state index is 11.9. The summed E-state index contributed by atoms with van der Waals surface area (Å²) in [7, 11) is 0. The molecule has 0 heterocycles. The second kappa shape index (κ2) is 5.27. The zero-order valence-electron chi connectivity index (χ0n) is 9.95. The molecule has 3 N–H and O–H groups in total. The maximum Gasteiger partial charge on any atom is 0.201 e. The van der Waals surface area contributed by atoms with Gasteiger partial charge < -0.3 is 15.3 Å². The zero-order chi connectivity index (χ0) is 13.8. The van der Waals surface area contributed by atoms with Crippen molar-refractivity contribution in [3.05, 3.63) is 59.7 Å². The average molecular weight is 256 g/mol. The van der Waals surface area contributed by atoms with E-state index in [0.717, 1.165) is 11.6 Å². The van der Waals surface area contributed by atoms with Gasteiger partial charge in [0.15, 0.2) is 17.3 Å². The molecule has 2 aromatic carbocycles. The van der Waals surface area contributed by atoms with Crippen LogP contribution >= 0.6 is 0 Å². The third kappa shape index (κ3) is 2.74. The van der Waals surface area contributed by atoms with Crippen molar-refractivity contribution in [2.45, 2.75) is 0 Å². The molecule has 2 rings (SSSR count). The SMILES string of the molecule is O=C(C=Cc1ccccc1)c1ccc(O)c(O)c1O. The molecule has 0 unspecified atom stereocenters. The van der Waals surface area contributed by atoms with Crippen molar-refractivity contribution in [1.29, 1.82) is 0 Å². The highest BCUT2D eigenvalue weighted by Crippen LogP contribution is 2.37. The van der Waals surface area contributed by atoms with E-state index in [1.165, 1.54) is 12.1 Å². The lowest BCUT2D eigenvalue weighted by atomic mass is 10.1. The predicted octanol–water partition coefficient (Wildman–Crippen LogP) is 2.70. The summed E-state index contributed by atoms with van der Waals surface area (Å²) in [6.45, 7) is 0. The number of phenols is 3. The van der Waals surface area contributed by atoms with Crippen LogP contribution in [-0.4, -0.2) is 21.1 Å². The number of rotatable bonds is 3. The minimum absolute atomic E-state index is 0.0671. The molecule has 0 amide bonds. The number of hydrogen-bond donors (Lipinski definition) is 3. The third-order valence-electron chi connectivity index (χ3n) is 2.62. The number of allylic oxidation sites excluding steroid dienone is 1. The summed E-state index contributed by atoms with van der Waals surface area (Å²) >= 11 is 0. The molecule has 0 aliphatic rings. The van der Waals surface area contributed by atoms with E-state index < -0.39 is 23.0 Å². The van der Waals surface area contributed by atoms with Gasteiger partial charge in [0.05, 0.1) is 5.56 Å². The highest BCUT2D eigenvalue weighted by molar-refractivity contribution is 6.09. The molecule has 4 heteroatoms. The topological polar surface area (TPSA) is 77.8 Å². The van der Waals surface area contributed by atoms with E-state index in [9.17, 15) is 20.1 Å². The lowest BCUT2D eigenvalue weighted by Crippen LogP contribution is -1.94. The molecule has 0 fully saturated rings. The van der Waals surface area contributed by atoms with Gasteiger partial charge in [-0.05, 0) is 23.8 Å². The van der Waals surface area contributed by atoms with Crippen LogP contribution in [0.5, 0.6) is 17.2 Å². The molecule has 0 aliphatic heterocycles.